The van der Waals surface area contributed by atoms with Gasteiger partial charge in [-0.05, 0) is 31.6 Å². The zero-order valence-electron chi connectivity index (χ0n) is 8.90. The van der Waals surface area contributed by atoms with Crippen molar-refractivity contribution >= 4 is 11.6 Å². The molecule has 3 heteroatoms. The smallest absolute Gasteiger partial charge is 0.219 e. The minimum Gasteiger partial charge on any atom is -0.439 e. The van der Waals surface area contributed by atoms with Crippen LogP contribution >= 0.6 is 11.6 Å². The first kappa shape index (κ1) is 11.8. The van der Waals surface area contributed by atoms with E-state index in [0.29, 0.717) is 11.8 Å². The monoisotopic (exact) mass is 223 g/mol. The van der Waals surface area contributed by atoms with Crippen molar-refractivity contribution in [3.8, 4) is 5.88 Å². The predicted molar refractivity (Wildman–Crippen MR) is 63.0 cm³/mol. The molecule has 1 aromatic rings. The van der Waals surface area contributed by atoms with Crippen molar-refractivity contribution in [1.82, 2.24) is 4.98 Å². The van der Waals surface area contributed by atoms with E-state index in [9.17, 15) is 0 Å². The van der Waals surface area contributed by atoms with Gasteiger partial charge in [0, 0.05) is 18.1 Å². The van der Waals surface area contributed by atoms with Crippen LogP contribution in [0.1, 0.15) is 19.4 Å². The van der Waals surface area contributed by atoms with Gasteiger partial charge in [-0.3, -0.25) is 0 Å². The van der Waals surface area contributed by atoms with Gasteiger partial charge in [0.25, 0.3) is 0 Å². The highest BCUT2D eigenvalue weighted by Gasteiger charge is 1.97. The van der Waals surface area contributed by atoms with Crippen molar-refractivity contribution in [2.75, 3.05) is 0 Å². The van der Waals surface area contributed by atoms with Crippen LogP contribution in [0.15, 0.2) is 42.3 Å². The van der Waals surface area contributed by atoms with Gasteiger partial charge in [0.05, 0.1) is 0 Å². The molecule has 0 amide bonds. The molecule has 2 nitrogen and oxygen atoms in total. The highest BCUT2D eigenvalue weighted by atomic mass is 35.5. The summed E-state index contributed by atoms with van der Waals surface area (Å²) in [6.07, 6.45) is 7.40. The molecular weight excluding hydrogens is 210 g/mol. The quantitative estimate of drug-likeness (QED) is 0.441. The van der Waals surface area contributed by atoms with Gasteiger partial charge >= 0.3 is 0 Å². The molecular formula is C12H14ClNO. The minimum atomic E-state index is 0.471. The second-order valence-corrected chi connectivity index (χ2v) is 3.20. The molecule has 0 saturated heterocycles. The summed E-state index contributed by atoms with van der Waals surface area (Å²) in [5, 5.41) is 0. The Balaban J connectivity index is 2.72. The van der Waals surface area contributed by atoms with Crippen molar-refractivity contribution in [2.45, 2.75) is 19.7 Å². The molecule has 0 aliphatic carbocycles. The summed E-state index contributed by atoms with van der Waals surface area (Å²) in [6, 6.07) is 3.71. The standard InChI is InChI=1S/C12H14ClNO/c1-3-5-11(4-2)15-12-7-6-10(8-13)9-14-12/h3-7,9H,8H2,1-2H3/b5-3-,11-4+. The summed E-state index contributed by atoms with van der Waals surface area (Å²) in [6.45, 7) is 3.86. The third-order valence-corrected chi connectivity index (χ3v) is 2.10. The molecule has 0 radical (unpaired) electrons. The first-order valence-electron chi connectivity index (χ1n) is 4.78. The van der Waals surface area contributed by atoms with Crippen molar-refractivity contribution < 1.29 is 4.74 Å². The van der Waals surface area contributed by atoms with Gasteiger partial charge < -0.3 is 4.74 Å². The molecule has 0 saturated carbocycles. The molecule has 0 atom stereocenters. The van der Waals surface area contributed by atoms with Gasteiger partial charge in [0.1, 0.15) is 5.76 Å². The molecule has 0 bridgehead atoms. The summed E-state index contributed by atoms with van der Waals surface area (Å²) in [4.78, 5) is 4.14. The molecule has 0 aliphatic heterocycles. The number of hydrogen-bond acceptors (Lipinski definition) is 2. The van der Waals surface area contributed by atoms with Crippen molar-refractivity contribution in [1.29, 1.82) is 0 Å². The molecule has 0 aromatic carbocycles. The van der Waals surface area contributed by atoms with Crippen LogP contribution < -0.4 is 4.74 Å². The molecule has 1 heterocycles. The van der Waals surface area contributed by atoms with Gasteiger partial charge in [0.2, 0.25) is 5.88 Å². The van der Waals surface area contributed by atoms with E-state index in [1.165, 1.54) is 0 Å². The Labute approximate surface area is 95.2 Å². The Kier molecular flexibility index (Phi) is 4.91. The van der Waals surface area contributed by atoms with E-state index in [4.69, 9.17) is 16.3 Å². The minimum absolute atomic E-state index is 0.471. The lowest BCUT2D eigenvalue weighted by Gasteiger charge is -2.04. The number of aromatic nitrogens is 1. The lowest BCUT2D eigenvalue weighted by molar-refractivity contribution is 0.425. The second-order valence-electron chi connectivity index (χ2n) is 2.93. The number of allylic oxidation sites excluding steroid dienone is 3. The Morgan fingerprint density at radius 3 is 2.73 bits per heavy atom. The Hall–Kier alpha value is -1.28. The average Bonchev–Trinajstić information content (AvgIpc) is 2.29. The van der Waals surface area contributed by atoms with Gasteiger partial charge in [-0.1, -0.05) is 12.1 Å². The number of hydrogen-bond donors (Lipinski definition) is 0. The predicted octanol–water partition coefficient (Wildman–Crippen LogP) is 3.68. The van der Waals surface area contributed by atoms with Gasteiger partial charge in [-0.25, -0.2) is 4.98 Å². The number of nitrogens with zero attached hydrogens (tertiary/aromatic N) is 1. The maximum absolute atomic E-state index is 5.66. The highest BCUT2D eigenvalue weighted by molar-refractivity contribution is 6.17. The molecule has 1 rings (SSSR count). The van der Waals surface area contributed by atoms with E-state index < -0.39 is 0 Å². The fraction of sp³-hybridized carbons (Fsp3) is 0.250. The summed E-state index contributed by atoms with van der Waals surface area (Å²) < 4.78 is 5.52. The lowest BCUT2D eigenvalue weighted by Crippen LogP contribution is -1.94. The number of halogens is 1. The molecule has 0 N–H and O–H groups in total. The van der Waals surface area contributed by atoms with Gasteiger partial charge in [0.15, 0.2) is 0 Å². The van der Waals surface area contributed by atoms with E-state index >= 15 is 0 Å². The van der Waals surface area contributed by atoms with Crippen LogP contribution in [0.4, 0.5) is 0 Å². The third-order valence-electron chi connectivity index (χ3n) is 1.79. The average molecular weight is 224 g/mol. The zero-order valence-corrected chi connectivity index (χ0v) is 9.66. The topological polar surface area (TPSA) is 22.1 Å². The van der Waals surface area contributed by atoms with Crippen LogP contribution in [0.25, 0.3) is 0 Å². The molecule has 15 heavy (non-hydrogen) atoms. The highest BCUT2D eigenvalue weighted by Crippen LogP contribution is 2.12. The first-order valence-corrected chi connectivity index (χ1v) is 5.31. The second kappa shape index (κ2) is 6.25. The van der Waals surface area contributed by atoms with Gasteiger partial charge in [-0.2, -0.15) is 0 Å². The SMILES string of the molecule is C/C=C\C(=C/C)Oc1ccc(CCl)cn1. The fourth-order valence-corrected chi connectivity index (χ4v) is 1.18. The Morgan fingerprint density at radius 2 is 2.27 bits per heavy atom. The number of rotatable bonds is 4. The molecule has 0 unspecified atom stereocenters. The van der Waals surface area contributed by atoms with Crippen molar-refractivity contribution in [3.63, 3.8) is 0 Å². The molecule has 80 valence electrons. The molecule has 0 spiro atoms. The Morgan fingerprint density at radius 1 is 1.47 bits per heavy atom. The Bertz CT molecular complexity index is 354. The van der Waals surface area contributed by atoms with Crippen molar-refractivity contribution in [3.05, 3.63) is 47.9 Å². The number of ether oxygens (including phenoxy) is 1. The van der Waals surface area contributed by atoms with E-state index in [-0.39, 0.29) is 0 Å². The number of alkyl halides is 1. The maximum Gasteiger partial charge on any atom is 0.219 e. The maximum atomic E-state index is 5.66. The van der Waals surface area contributed by atoms with Crippen LogP contribution in [0.5, 0.6) is 5.88 Å². The summed E-state index contributed by atoms with van der Waals surface area (Å²) in [5.41, 5.74) is 0.983. The van der Waals surface area contributed by atoms with Crippen LogP contribution in [0.2, 0.25) is 0 Å². The third kappa shape index (κ3) is 3.76. The molecule has 0 fully saturated rings. The normalized spacial score (nSPS) is 12.1. The van der Waals surface area contributed by atoms with Crippen LogP contribution in [0, 0.1) is 0 Å². The number of pyridine rings is 1. The van der Waals surface area contributed by atoms with Crippen LogP contribution in [0.3, 0.4) is 0 Å². The lowest BCUT2D eigenvalue weighted by atomic mass is 10.3. The van der Waals surface area contributed by atoms with Crippen LogP contribution in [-0.4, -0.2) is 4.98 Å². The first-order chi connectivity index (χ1) is 7.30. The largest absolute Gasteiger partial charge is 0.439 e. The van der Waals surface area contributed by atoms with E-state index in [1.54, 1.807) is 6.20 Å². The van der Waals surface area contributed by atoms with E-state index in [0.717, 1.165) is 11.3 Å². The van der Waals surface area contributed by atoms with Gasteiger partial charge in [-0.15, -0.1) is 11.6 Å². The van der Waals surface area contributed by atoms with E-state index in [2.05, 4.69) is 4.98 Å². The summed E-state index contributed by atoms with van der Waals surface area (Å²) in [7, 11) is 0. The summed E-state index contributed by atoms with van der Waals surface area (Å²) >= 11 is 5.66. The van der Waals surface area contributed by atoms with E-state index in [1.807, 2.05) is 44.2 Å². The van der Waals surface area contributed by atoms with Crippen molar-refractivity contribution in [2.24, 2.45) is 0 Å². The zero-order chi connectivity index (χ0) is 11.1. The van der Waals surface area contributed by atoms with Crippen LogP contribution in [-0.2, 0) is 5.88 Å². The molecule has 0 aliphatic rings. The molecule has 1 aromatic heterocycles. The summed E-state index contributed by atoms with van der Waals surface area (Å²) in [5.74, 6) is 1.83. The fourth-order valence-electron chi connectivity index (χ4n) is 1.02.